The lowest BCUT2D eigenvalue weighted by molar-refractivity contribution is 0.100. The van der Waals surface area contributed by atoms with Gasteiger partial charge in [0.05, 0.1) is 5.52 Å². The molecule has 4 rings (SSSR count). The highest BCUT2D eigenvalue weighted by atomic mass is 19.1. The first-order valence-electron chi connectivity index (χ1n) is 7.74. The monoisotopic (exact) mass is 308 g/mol. The van der Waals surface area contributed by atoms with E-state index in [1.54, 1.807) is 0 Å². The predicted octanol–water partition coefficient (Wildman–Crippen LogP) is 3.96. The normalized spacial score (nSPS) is 14.3. The van der Waals surface area contributed by atoms with Crippen LogP contribution in [0.1, 0.15) is 34.7 Å². The van der Waals surface area contributed by atoms with Crippen LogP contribution in [0.15, 0.2) is 42.6 Å². The first-order chi connectivity index (χ1) is 11.1. The molecule has 0 aliphatic heterocycles. The molecule has 1 aliphatic carbocycles. The Labute approximate surface area is 133 Å². The number of fused-ring (bicyclic) bond motifs is 1. The number of benzene rings is 2. The van der Waals surface area contributed by atoms with Crippen molar-refractivity contribution < 1.29 is 9.18 Å². The number of para-hydroxylation sites is 1. The van der Waals surface area contributed by atoms with E-state index < -0.39 is 5.91 Å². The molecule has 2 N–H and O–H groups in total. The molecule has 3 nitrogen and oxygen atoms in total. The largest absolute Gasteiger partial charge is 0.366 e. The Morgan fingerprint density at radius 2 is 2.00 bits per heavy atom. The molecule has 2 aromatic carbocycles. The molecular weight excluding hydrogens is 291 g/mol. The molecule has 23 heavy (non-hydrogen) atoms. The predicted molar refractivity (Wildman–Crippen MR) is 88.8 cm³/mol. The summed E-state index contributed by atoms with van der Waals surface area (Å²) in [6.45, 7) is 0. The van der Waals surface area contributed by atoms with E-state index in [4.69, 9.17) is 5.73 Å². The lowest BCUT2D eigenvalue weighted by Crippen LogP contribution is -2.12. The SMILES string of the molecule is Cn1cc(-c2cc(F)ccc2C(N)=O)c2cccc(C3CC3)c21. The first kappa shape index (κ1) is 14.0. The fraction of sp³-hybridized carbons (Fsp3) is 0.211. The van der Waals surface area contributed by atoms with Crippen LogP contribution in [0.3, 0.4) is 0 Å². The van der Waals surface area contributed by atoms with Gasteiger partial charge in [-0.05, 0) is 48.1 Å². The van der Waals surface area contributed by atoms with Crippen molar-refractivity contribution in [1.82, 2.24) is 4.57 Å². The van der Waals surface area contributed by atoms with Gasteiger partial charge in [0.25, 0.3) is 0 Å². The van der Waals surface area contributed by atoms with Gasteiger partial charge in [-0.25, -0.2) is 4.39 Å². The van der Waals surface area contributed by atoms with Gasteiger partial charge in [0, 0.05) is 29.8 Å². The molecule has 1 amide bonds. The minimum Gasteiger partial charge on any atom is -0.366 e. The van der Waals surface area contributed by atoms with Gasteiger partial charge in [-0.15, -0.1) is 0 Å². The number of aromatic nitrogens is 1. The fourth-order valence-electron chi connectivity index (χ4n) is 3.39. The lowest BCUT2D eigenvalue weighted by Gasteiger charge is -2.07. The van der Waals surface area contributed by atoms with E-state index in [-0.39, 0.29) is 5.82 Å². The van der Waals surface area contributed by atoms with Crippen molar-refractivity contribution in [1.29, 1.82) is 0 Å². The highest BCUT2D eigenvalue weighted by Gasteiger charge is 2.27. The number of rotatable bonds is 3. The summed E-state index contributed by atoms with van der Waals surface area (Å²) in [5.74, 6) is -0.307. The minimum atomic E-state index is -0.546. The van der Waals surface area contributed by atoms with E-state index >= 15 is 0 Å². The molecule has 3 aromatic rings. The maximum absolute atomic E-state index is 13.8. The van der Waals surface area contributed by atoms with E-state index in [1.807, 2.05) is 25.4 Å². The van der Waals surface area contributed by atoms with Gasteiger partial charge in [0.2, 0.25) is 5.91 Å². The molecule has 0 bridgehead atoms. The zero-order valence-corrected chi connectivity index (χ0v) is 12.8. The van der Waals surface area contributed by atoms with Gasteiger partial charge in [-0.2, -0.15) is 0 Å². The number of hydrogen-bond acceptors (Lipinski definition) is 1. The Balaban J connectivity index is 2.02. The molecule has 0 unspecified atom stereocenters. The smallest absolute Gasteiger partial charge is 0.249 e. The summed E-state index contributed by atoms with van der Waals surface area (Å²) in [6, 6.07) is 10.3. The third kappa shape index (κ3) is 2.22. The zero-order valence-electron chi connectivity index (χ0n) is 12.8. The Kier molecular flexibility index (Phi) is 3.01. The van der Waals surface area contributed by atoms with E-state index in [0.29, 0.717) is 17.0 Å². The molecule has 1 heterocycles. The first-order valence-corrected chi connectivity index (χ1v) is 7.74. The molecule has 1 saturated carbocycles. The van der Waals surface area contributed by atoms with Crippen molar-refractivity contribution in [2.24, 2.45) is 12.8 Å². The van der Waals surface area contributed by atoms with E-state index in [9.17, 15) is 9.18 Å². The number of nitrogens with zero attached hydrogens (tertiary/aromatic N) is 1. The number of amides is 1. The zero-order chi connectivity index (χ0) is 16.1. The Bertz CT molecular complexity index is 938. The van der Waals surface area contributed by atoms with Gasteiger partial charge < -0.3 is 10.3 Å². The summed E-state index contributed by atoms with van der Waals surface area (Å²) in [4.78, 5) is 11.7. The van der Waals surface area contributed by atoms with Crippen LogP contribution in [0.2, 0.25) is 0 Å². The van der Waals surface area contributed by atoms with Crippen molar-refractivity contribution in [3.8, 4) is 11.1 Å². The maximum Gasteiger partial charge on any atom is 0.249 e. The third-order valence-electron chi connectivity index (χ3n) is 4.59. The molecule has 0 spiro atoms. The average molecular weight is 308 g/mol. The Morgan fingerprint density at radius 3 is 2.70 bits per heavy atom. The number of primary amides is 1. The van der Waals surface area contributed by atoms with Crippen LogP contribution in [-0.4, -0.2) is 10.5 Å². The van der Waals surface area contributed by atoms with Gasteiger partial charge in [-0.3, -0.25) is 4.79 Å². The van der Waals surface area contributed by atoms with Crippen LogP contribution >= 0.6 is 0 Å². The van der Waals surface area contributed by atoms with Crippen molar-refractivity contribution in [3.63, 3.8) is 0 Å². The van der Waals surface area contributed by atoms with Crippen molar-refractivity contribution in [2.45, 2.75) is 18.8 Å². The maximum atomic E-state index is 13.8. The molecule has 1 aliphatic rings. The van der Waals surface area contributed by atoms with Crippen molar-refractivity contribution >= 4 is 16.8 Å². The summed E-state index contributed by atoms with van der Waals surface area (Å²) in [5, 5.41) is 1.03. The highest BCUT2D eigenvalue weighted by molar-refractivity contribution is 6.06. The molecule has 116 valence electrons. The molecule has 0 atom stereocenters. The number of carbonyl (C=O) groups is 1. The second-order valence-electron chi connectivity index (χ2n) is 6.23. The molecule has 0 saturated heterocycles. The molecule has 0 radical (unpaired) electrons. The van der Waals surface area contributed by atoms with Crippen LogP contribution in [0.25, 0.3) is 22.0 Å². The van der Waals surface area contributed by atoms with Gasteiger partial charge in [0.1, 0.15) is 5.82 Å². The van der Waals surface area contributed by atoms with Crippen molar-refractivity contribution in [3.05, 3.63) is 59.5 Å². The summed E-state index contributed by atoms with van der Waals surface area (Å²) in [7, 11) is 1.99. The van der Waals surface area contributed by atoms with Crippen LogP contribution in [0.4, 0.5) is 4.39 Å². The number of carbonyl (C=O) groups excluding carboxylic acids is 1. The third-order valence-corrected chi connectivity index (χ3v) is 4.59. The second kappa shape index (κ2) is 4.95. The lowest BCUT2D eigenvalue weighted by atomic mass is 9.97. The second-order valence-corrected chi connectivity index (χ2v) is 6.23. The van der Waals surface area contributed by atoms with E-state index in [2.05, 4.69) is 10.6 Å². The topological polar surface area (TPSA) is 48.0 Å². The Hall–Kier alpha value is -2.62. The standard InChI is InChI=1S/C19H17FN2O/c1-22-10-17(16-9-12(20)7-8-15(16)19(21)23)14-4-2-3-13(18(14)22)11-5-6-11/h2-4,7-11H,5-6H2,1H3,(H2,21,23). The fourth-order valence-corrected chi connectivity index (χ4v) is 3.39. The van der Waals surface area contributed by atoms with Crippen LogP contribution in [0, 0.1) is 5.82 Å². The van der Waals surface area contributed by atoms with Crippen LogP contribution in [0.5, 0.6) is 0 Å². The molecule has 1 fully saturated rings. The average Bonchev–Trinajstić information content (AvgIpc) is 3.31. The number of halogens is 1. The summed E-state index contributed by atoms with van der Waals surface area (Å²) in [6.07, 6.45) is 4.38. The Morgan fingerprint density at radius 1 is 1.22 bits per heavy atom. The minimum absolute atomic E-state index is 0.343. The quantitative estimate of drug-likeness (QED) is 0.782. The number of hydrogen-bond donors (Lipinski definition) is 1. The van der Waals surface area contributed by atoms with Crippen LogP contribution < -0.4 is 5.73 Å². The van der Waals surface area contributed by atoms with Gasteiger partial charge in [-0.1, -0.05) is 18.2 Å². The van der Waals surface area contributed by atoms with Gasteiger partial charge >= 0.3 is 0 Å². The number of nitrogens with two attached hydrogens (primary N) is 1. The van der Waals surface area contributed by atoms with Gasteiger partial charge in [0.15, 0.2) is 0 Å². The molecular formula is C19H17FN2O. The summed E-state index contributed by atoms with van der Waals surface area (Å²) in [5.41, 5.74) is 9.70. The van der Waals surface area contributed by atoms with E-state index in [1.165, 1.54) is 36.6 Å². The summed E-state index contributed by atoms with van der Waals surface area (Å²) >= 11 is 0. The molecule has 4 heteroatoms. The highest BCUT2D eigenvalue weighted by Crippen LogP contribution is 2.45. The molecule has 1 aromatic heterocycles. The summed E-state index contributed by atoms with van der Waals surface area (Å²) < 4.78 is 15.8. The number of aryl methyl sites for hydroxylation is 1. The van der Waals surface area contributed by atoms with Crippen molar-refractivity contribution in [2.75, 3.05) is 0 Å². The van der Waals surface area contributed by atoms with Crippen LogP contribution in [-0.2, 0) is 7.05 Å². The van der Waals surface area contributed by atoms with E-state index in [0.717, 1.165) is 16.5 Å².